The Hall–Kier alpha value is -2.09. The summed E-state index contributed by atoms with van der Waals surface area (Å²) < 4.78 is 35.7. The molecule has 1 aliphatic rings. The van der Waals surface area contributed by atoms with Gasteiger partial charge in [0.25, 0.3) is 11.8 Å². The molecule has 0 radical (unpaired) electrons. The van der Waals surface area contributed by atoms with Crippen molar-refractivity contribution in [1.29, 1.82) is 0 Å². The summed E-state index contributed by atoms with van der Waals surface area (Å²) in [5, 5.41) is 10.4. The van der Waals surface area contributed by atoms with Crippen LogP contribution in [0.15, 0.2) is 12.1 Å². The van der Waals surface area contributed by atoms with E-state index in [4.69, 9.17) is 20.3 Å². The van der Waals surface area contributed by atoms with Crippen LogP contribution in [0.4, 0.5) is 14.5 Å². The molecular formula is C11H12F2N2O4. The third-order valence-corrected chi connectivity index (χ3v) is 2.53. The second kappa shape index (κ2) is 4.88. The molecule has 0 bridgehead atoms. The average Bonchev–Trinajstić information content (AvgIpc) is 2.82. The summed E-state index contributed by atoms with van der Waals surface area (Å²) in [7, 11) is 0. The molecule has 1 heterocycles. The summed E-state index contributed by atoms with van der Waals surface area (Å²) in [6.45, 7) is -2.30. The van der Waals surface area contributed by atoms with Gasteiger partial charge in [0.05, 0.1) is 12.1 Å². The number of ether oxygens (including phenoxy) is 2. The van der Waals surface area contributed by atoms with Crippen molar-refractivity contribution in [3.63, 3.8) is 0 Å². The maximum Gasteiger partial charge on any atom is 0.287 e. The van der Waals surface area contributed by atoms with Crippen molar-refractivity contribution in [2.24, 2.45) is 0 Å². The molecule has 104 valence electrons. The zero-order chi connectivity index (χ0) is 14.0. The predicted molar refractivity (Wildman–Crippen MR) is 61.3 cm³/mol. The lowest BCUT2D eigenvalue weighted by molar-refractivity contribution is -0.0461. The van der Waals surface area contributed by atoms with E-state index < -0.39 is 25.0 Å². The van der Waals surface area contributed by atoms with Gasteiger partial charge in [0, 0.05) is 11.8 Å². The van der Waals surface area contributed by atoms with E-state index in [1.165, 1.54) is 12.1 Å². The molecule has 4 N–H and O–H groups in total. The van der Waals surface area contributed by atoms with Gasteiger partial charge in [0.1, 0.15) is 6.61 Å². The van der Waals surface area contributed by atoms with Gasteiger partial charge in [-0.25, -0.2) is 8.78 Å². The smallest absolute Gasteiger partial charge is 0.287 e. The number of carbonyl (C=O) groups excluding carboxylic acids is 1. The van der Waals surface area contributed by atoms with Crippen molar-refractivity contribution in [3.05, 3.63) is 17.7 Å². The Morgan fingerprint density at radius 3 is 2.68 bits per heavy atom. The van der Waals surface area contributed by atoms with E-state index in [2.05, 4.69) is 0 Å². The fourth-order valence-corrected chi connectivity index (χ4v) is 1.52. The molecule has 0 saturated carbocycles. The fourth-order valence-electron chi connectivity index (χ4n) is 1.52. The first-order valence-electron chi connectivity index (χ1n) is 5.39. The van der Waals surface area contributed by atoms with Gasteiger partial charge in [0.2, 0.25) is 6.79 Å². The number of nitrogens with one attached hydrogen (secondary N) is 1. The Bertz CT molecular complexity index is 508. The van der Waals surface area contributed by atoms with Crippen molar-refractivity contribution >= 4 is 11.6 Å². The van der Waals surface area contributed by atoms with Crippen molar-refractivity contribution in [3.8, 4) is 11.5 Å². The molecule has 8 heteroatoms. The number of benzene rings is 1. The number of aliphatic hydroxyl groups excluding tert-OH is 1. The molecule has 19 heavy (non-hydrogen) atoms. The molecule has 0 atom stereocenters. The molecule has 0 aliphatic carbocycles. The van der Waals surface area contributed by atoms with Crippen LogP contribution in [-0.4, -0.2) is 36.9 Å². The number of nitrogens with two attached hydrogens (primary N) is 1. The number of halogens is 2. The van der Waals surface area contributed by atoms with Crippen LogP contribution in [0.1, 0.15) is 10.4 Å². The standard InChI is InChI=1S/C11H12F2N2O4/c12-11(13,4-16)3-15-10(17)6-1-8-9(2-7(6)14)19-5-18-8/h1-2,16H,3-5,14H2,(H,15,17). The average molecular weight is 274 g/mol. The maximum absolute atomic E-state index is 12.8. The van der Waals surface area contributed by atoms with Crippen molar-refractivity contribution < 1.29 is 28.2 Å². The van der Waals surface area contributed by atoms with Crippen LogP contribution >= 0.6 is 0 Å². The van der Waals surface area contributed by atoms with E-state index in [0.29, 0.717) is 11.5 Å². The van der Waals surface area contributed by atoms with Crippen LogP contribution in [-0.2, 0) is 0 Å². The third-order valence-electron chi connectivity index (χ3n) is 2.53. The molecule has 0 aromatic heterocycles. The molecule has 0 saturated heterocycles. The molecule has 1 amide bonds. The minimum Gasteiger partial charge on any atom is -0.454 e. The highest BCUT2D eigenvalue weighted by Crippen LogP contribution is 2.35. The van der Waals surface area contributed by atoms with Gasteiger partial charge in [-0.2, -0.15) is 0 Å². The van der Waals surface area contributed by atoms with Crippen LogP contribution in [0.2, 0.25) is 0 Å². The Balaban J connectivity index is 2.12. The number of amides is 1. The molecular weight excluding hydrogens is 262 g/mol. The fraction of sp³-hybridized carbons (Fsp3) is 0.364. The first kappa shape index (κ1) is 13.3. The summed E-state index contributed by atoms with van der Waals surface area (Å²) in [6, 6.07) is 2.71. The second-order valence-corrected chi connectivity index (χ2v) is 3.99. The Labute approximate surface area is 107 Å². The zero-order valence-electron chi connectivity index (χ0n) is 9.78. The van der Waals surface area contributed by atoms with Crippen LogP contribution in [0.25, 0.3) is 0 Å². The number of anilines is 1. The number of alkyl halides is 2. The zero-order valence-corrected chi connectivity index (χ0v) is 9.78. The SMILES string of the molecule is Nc1cc2c(cc1C(=O)NCC(F)(F)CO)OCO2. The monoisotopic (exact) mass is 274 g/mol. The molecule has 0 unspecified atom stereocenters. The summed E-state index contributed by atoms with van der Waals surface area (Å²) in [6.07, 6.45) is 0. The quantitative estimate of drug-likeness (QED) is 0.689. The predicted octanol–water partition coefficient (Wildman–Crippen LogP) is 0.355. The number of nitrogen functional groups attached to an aromatic ring is 1. The Morgan fingerprint density at radius 1 is 1.42 bits per heavy atom. The van der Waals surface area contributed by atoms with Crippen LogP contribution in [0.3, 0.4) is 0 Å². The first-order valence-corrected chi connectivity index (χ1v) is 5.39. The highest BCUT2D eigenvalue weighted by molar-refractivity contribution is 6.00. The normalized spacial score (nSPS) is 13.4. The lowest BCUT2D eigenvalue weighted by Crippen LogP contribution is -2.39. The van der Waals surface area contributed by atoms with Crippen molar-refractivity contribution in [2.45, 2.75) is 5.92 Å². The van der Waals surface area contributed by atoms with E-state index in [-0.39, 0.29) is 18.0 Å². The minimum atomic E-state index is -3.37. The largest absolute Gasteiger partial charge is 0.454 e. The van der Waals surface area contributed by atoms with Crippen molar-refractivity contribution in [2.75, 3.05) is 25.7 Å². The molecule has 0 fully saturated rings. The first-order chi connectivity index (χ1) is 8.93. The topological polar surface area (TPSA) is 93.8 Å². The van der Waals surface area contributed by atoms with Crippen LogP contribution in [0.5, 0.6) is 11.5 Å². The number of fused-ring (bicyclic) bond motifs is 1. The number of rotatable bonds is 4. The van der Waals surface area contributed by atoms with Gasteiger partial charge in [-0.05, 0) is 6.07 Å². The summed E-state index contributed by atoms with van der Waals surface area (Å²) in [5.74, 6) is -3.42. The molecule has 0 spiro atoms. The lowest BCUT2D eigenvalue weighted by atomic mass is 10.1. The van der Waals surface area contributed by atoms with Gasteiger partial charge in [0.15, 0.2) is 11.5 Å². The number of hydrogen-bond donors (Lipinski definition) is 3. The Morgan fingerprint density at radius 2 is 2.05 bits per heavy atom. The molecule has 1 aromatic rings. The molecule has 1 aliphatic heterocycles. The van der Waals surface area contributed by atoms with Gasteiger partial charge < -0.3 is 25.6 Å². The summed E-state index contributed by atoms with van der Waals surface area (Å²) in [4.78, 5) is 11.7. The maximum atomic E-state index is 12.8. The molecule has 2 rings (SSSR count). The summed E-state index contributed by atoms with van der Waals surface area (Å²) >= 11 is 0. The van der Waals surface area contributed by atoms with Gasteiger partial charge in [-0.15, -0.1) is 0 Å². The van der Waals surface area contributed by atoms with Gasteiger partial charge in [-0.1, -0.05) is 0 Å². The van der Waals surface area contributed by atoms with Crippen LogP contribution in [0, 0.1) is 0 Å². The number of hydrogen-bond acceptors (Lipinski definition) is 5. The number of carbonyl (C=O) groups is 1. The van der Waals surface area contributed by atoms with Crippen LogP contribution < -0.4 is 20.5 Å². The van der Waals surface area contributed by atoms with Crippen molar-refractivity contribution in [1.82, 2.24) is 5.32 Å². The minimum absolute atomic E-state index is 0.0120. The Kier molecular flexibility index (Phi) is 3.43. The van der Waals surface area contributed by atoms with E-state index in [1.54, 1.807) is 0 Å². The van der Waals surface area contributed by atoms with E-state index >= 15 is 0 Å². The third kappa shape index (κ3) is 2.84. The molecule has 6 nitrogen and oxygen atoms in total. The van der Waals surface area contributed by atoms with Gasteiger partial charge >= 0.3 is 0 Å². The number of aliphatic hydroxyl groups is 1. The molecule has 1 aromatic carbocycles. The van der Waals surface area contributed by atoms with E-state index in [1.807, 2.05) is 5.32 Å². The highest BCUT2D eigenvalue weighted by Gasteiger charge is 2.29. The van der Waals surface area contributed by atoms with E-state index in [9.17, 15) is 13.6 Å². The lowest BCUT2D eigenvalue weighted by Gasteiger charge is -2.14. The van der Waals surface area contributed by atoms with Gasteiger partial charge in [-0.3, -0.25) is 4.79 Å². The highest BCUT2D eigenvalue weighted by atomic mass is 19.3. The second-order valence-electron chi connectivity index (χ2n) is 3.99. The van der Waals surface area contributed by atoms with E-state index in [0.717, 1.165) is 0 Å². The summed E-state index contributed by atoms with van der Waals surface area (Å²) in [5.41, 5.74) is 5.74.